The molecule has 0 aliphatic rings. The van der Waals surface area contributed by atoms with Crippen molar-refractivity contribution in [3.05, 3.63) is 88.4 Å². The van der Waals surface area contributed by atoms with Crippen LogP contribution in [0.3, 0.4) is 0 Å². The molecular weight excluding hydrogens is 514 g/mol. The van der Waals surface area contributed by atoms with Gasteiger partial charge in [-0.2, -0.15) is 5.10 Å². The Hall–Kier alpha value is -3.43. The van der Waals surface area contributed by atoms with E-state index in [0.29, 0.717) is 11.0 Å². The maximum atomic E-state index is 12.4. The molecule has 34 heavy (non-hydrogen) atoms. The van der Waals surface area contributed by atoms with Crippen LogP contribution in [0.2, 0.25) is 0 Å². The van der Waals surface area contributed by atoms with Crippen LogP contribution in [-0.4, -0.2) is 39.7 Å². The van der Waals surface area contributed by atoms with Crippen LogP contribution in [0, 0.1) is 6.92 Å². The molecule has 7 nitrogen and oxygen atoms in total. The summed E-state index contributed by atoms with van der Waals surface area (Å²) in [6.07, 6.45) is 1.60. The molecule has 1 aromatic heterocycles. The number of amides is 1. The first kappa shape index (κ1) is 23.7. The quantitative estimate of drug-likeness (QED) is 0.189. The Morgan fingerprint density at radius 3 is 2.44 bits per heavy atom. The van der Waals surface area contributed by atoms with Crippen molar-refractivity contribution >= 4 is 39.8 Å². The van der Waals surface area contributed by atoms with Crippen LogP contribution in [0.5, 0.6) is 5.75 Å². The molecule has 0 spiro atoms. The number of methoxy groups -OCH3 is 1. The van der Waals surface area contributed by atoms with Gasteiger partial charge in [0.05, 0.1) is 19.1 Å². The van der Waals surface area contributed by atoms with E-state index in [2.05, 4.69) is 36.7 Å². The molecule has 0 aliphatic heterocycles. The molecule has 1 amide bonds. The first-order chi connectivity index (χ1) is 16.5. The smallest absolute Gasteiger partial charge is 0.250 e. The summed E-state index contributed by atoms with van der Waals surface area (Å²) in [4.78, 5) is 12.4. The number of halogens is 1. The van der Waals surface area contributed by atoms with Gasteiger partial charge in [0.1, 0.15) is 5.75 Å². The van der Waals surface area contributed by atoms with E-state index in [1.807, 2.05) is 84.3 Å². The van der Waals surface area contributed by atoms with Gasteiger partial charge in [0.15, 0.2) is 11.0 Å². The molecule has 3 aromatic carbocycles. The van der Waals surface area contributed by atoms with Crippen molar-refractivity contribution < 1.29 is 9.53 Å². The molecule has 1 N–H and O–H groups in total. The number of thioether (sulfide) groups is 1. The van der Waals surface area contributed by atoms with Crippen molar-refractivity contribution in [1.29, 1.82) is 0 Å². The third-order valence-electron chi connectivity index (χ3n) is 4.88. The first-order valence-corrected chi connectivity index (χ1v) is 12.2. The van der Waals surface area contributed by atoms with Gasteiger partial charge in [-0.25, -0.2) is 5.43 Å². The fraction of sp³-hybridized carbons (Fsp3) is 0.120. The predicted molar refractivity (Wildman–Crippen MR) is 139 cm³/mol. The third kappa shape index (κ3) is 5.92. The van der Waals surface area contributed by atoms with Crippen LogP contribution in [0.15, 0.2) is 87.5 Å². The van der Waals surface area contributed by atoms with Crippen molar-refractivity contribution in [1.82, 2.24) is 20.2 Å². The van der Waals surface area contributed by atoms with Gasteiger partial charge in [-0.05, 0) is 61.0 Å². The second-order valence-electron chi connectivity index (χ2n) is 7.34. The van der Waals surface area contributed by atoms with Crippen molar-refractivity contribution in [2.24, 2.45) is 5.10 Å². The van der Waals surface area contributed by atoms with E-state index in [0.717, 1.165) is 32.6 Å². The molecular formula is C25H22BrN5O2S. The van der Waals surface area contributed by atoms with Gasteiger partial charge >= 0.3 is 0 Å². The van der Waals surface area contributed by atoms with Crippen molar-refractivity contribution in [2.75, 3.05) is 12.9 Å². The highest BCUT2D eigenvalue weighted by Crippen LogP contribution is 2.29. The monoisotopic (exact) mass is 535 g/mol. The molecule has 4 aromatic rings. The van der Waals surface area contributed by atoms with Gasteiger partial charge in [-0.3, -0.25) is 9.36 Å². The molecule has 9 heteroatoms. The maximum Gasteiger partial charge on any atom is 0.250 e. The summed E-state index contributed by atoms with van der Waals surface area (Å²) < 4.78 is 8.20. The Kier molecular flexibility index (Phi) is 7.76. The van der Waals surface area contributed by atoms with Gasteiger partial charge in [0, 0.05) is 15.7 Å². The molecule has 0 atom stereocenters. The lowest BCUT2D eigenvalue weighted by Gasteiger charge is -2.11. The average molecular weight is 536 g/mol. The summed E-state index contributed by atoms with van der Waals surface area (Å²) in [6.45, 7) is 2.04. The summed E-state index contributed by atoms with van der Waals surface area (Å²) >= 11 is 4.69. The van der Waals surface area contributed by atoms with E-state index in [1.54, 1.807) is 13.3 Å². The minimum absolute atomic E-state index is 0.143. The van der Waals surface area contributed by atoms with Crippen molar-refractivity contribution in [3.63, 3.8) is 0 Å². The fourth-order valence-electron chi connectivity index (χ4n) is 3.11. The number of aromatic nitrogens is 3. The Morgan fingerprint density at radius 2 is 1.76 bits per heavy atom. The normalized spacial score (nSPS) is 11.0. The Bertz CT molecular complexity index is 1290. The van der Waals surface area contributed by atoms with Crippen LogP contribution in [0.25, 0.3) is 17.1 Å². The second-order valence-corrected chi connectivity index (χ2v) is 9.20. The third-order valence-corrected chi connectivity index (χ3v) is 6.34. The van der Waals surface area contributed by atoms with E-state index in [9.17, 15) is 4.79 Å². The van der Waals surface area contributed by atoms with E-state index in [-0.39, 0.29) is 11.7 Å². The van der Waals surface area contributed by atoms with Gasteiger partial charge < -0.3 is 4.74 Å². The topological polar surface area (TPSA) is 81.4 Å². The zero-order chi connectivity index (χ0) is 23.9. The summed E-state index contributed by atoms with van der Waals surface area (Å²) in [5.74, 6) is 1.36. The Balaban J connectivity index is 1.51. The van der Waals surface area contributed by atoms with Crippen molar-refractivity contribution in [3.8, 4) is 22.8 Å². The lowest BCUT2D eigenvalue weighted by molar-refractivity contribution is -0.118. The van der Waals surface area contributed by atoms with Gasteiger partial charge in [0.25, 0.3) is 5.91 Å². The number of nitrogens with one attached hydrogen (secondary N) is 1. The molecule has 172 valence electrons. The lowest BCUT2D eigenvalue weighted by atomic mass is 10.2. The summed E-state index contributed by atoms with van der Waals surface area (Å²) in [7, 11) is 1.63. The summed E-state index contributed by atoms with van der Waals surface area (Å²) in [5, 5.41) is 13.4. The lowest BCUT2D eigenvalue weighted by Crippen LogP contribution is -2.20. The van der Waals surface area contributed by atoms with Crippen LogP contribution >= 0.6 is 27.7 Å². The number of carbonyl (C=O) groups excluding carboxylic acids is 1. The predicted octanol–water partition coefficient (Wildman–Crippen LogP) is 5.26. The molecule has 4 rings (SSSR count). The SMILES string of the molecule is COc1ccc(-c2nnc(SCC(=O)N/N=C/c3ccc(Br)cc3)n2-c2ccc(C)cc2)cc1. The molecule has 0 saturated heterocycles. The Labute approximate surface area is 210 Å². The van der Waals surface area contributed by atoms with E-state index in [1.165, 1.54) is 11.8 Å². The number of hydrogen-bond donors (Lipinski definition) is 1. The molecule has 0 saturated carbocycles. The van der Waals surface area contributed by atoms with Crippen LogP contribution in [0.1, 0.15) is 11.1 Å². The van der Waals surface area contributed by atoms with Gasteiger partial charge in [-0.15, -0.1) is 10.2 Å². The molecule has 0 radical (unpaired) electrons. The summed E-state index contributed by atoms with van der Waals surface area (Å²) in [5.41, 5.74) is 6.41. The fourth-order valence-corrected chi connectivity index (χ4v) is 4.12. The zero-order valence-electron chi connectivity index (χ0n) is 18.6. The Morgan fingerprint density at radius 1 is 1.06 bits per heavy atom. The van der Waals surface area contributed by atoms with Crippen molar-refractivity contribution in [2.45, 2.75) is 12.1 Å². The highest BCUT2D eigenvalue weighted by Gasteiger charge is 2.17. The molecule has 1 heterocycles. The number of aryl methyl sites for hydroxylation is 1. The maximum absolute atomic E-state index is 12.4. The molecule has 0 fully saturated rings. The van der Waals surface area contributed by atoms with E-state index >= 15 is 0 Å². The van der Waals surface area contributed by atoms with Crippen LogP contribution in [-0.2, 0) is 4.79 Å². The van der Waals surface area contributed by atoms with Crippen LogP contribution < -0.4 is 10.2 Å². The van der Waals surface area contributed by atoms with Gasteiger partial charge in [0.2, 0.25) is 0 Å². The minimum atomic E-state index is -0.234. The molecule has 0 aliphatic carbocycles. The number of benzene rings is 3. The number of ether oxygens (including phenoxy) is 1. The molecule has 0 bridgehead atoms. The first-order valence-electron chi connectivity index (χ1n) is 10.4. The number of hydrogen-bond acceptors (Lipinski definition) is 6. The minimum Gasteiger partial charge on any atom is -0.497 e. The van der Waals surface area contributed by atoms with E-state index in [4.69, 9.17) is 4.74 Å². The highest BCUT2D eigenvalue weighted by molar-refractivity contribution is 9.10. The van der Waals surface area contributed by atoms with Gasteiger partial charge in [-0.1, -0.05) is 57.5 Å². The molecule has 0 unspecified atom stereocenters. The zero-order valence-corrected chi connectivity index (χ0v) is 21.0. The largest absolute Gasteiger partial charge is 0.497 e. The number of nitrogens with zero attached hydrogens (tertiary/aromatic N) is 4. The second kappa shape index (κ2) is 11.1. The number of carbonyl (C=O) groups is 1. The average Bonchev–Trinajstić information content (AvgIpc) is 3.28. The van der Waals surface area contributed by atoms with E-state index < -0.39 is 0 Å². The highest BCUT2D eigenvalue weighted by atomic mass is 79.9. The summed E-state index contributed by atoms with van der Waals surface area (Å²) in [6, 6.07) is 23.4. The number of hydrazone groups is 1. The standard InChI is InChI=1S/C25H22BrN5O2S/c1-17-3-11-21(12-4-17)31-24(19-7-13-22(33-2)14-8-19)29-30-25(31)34-16-23(32)28-27-15-18-5-9-20(26)10-6-18/h3-15H,16H2,1-2H3,(H,28,32)/b27-15+. The number of rotatable bonds is 8. The van der Waals surface area contributed by atoms with Crippen LogP contribution in [0.4, 0.5) is 0 Å².